The van der Waals surface area contributed by atoms with Gasteiger partial charge in [0.1, 0.15) is 27.9 Å². The lowest BCUT2D eigenvalue weighted by atomic mass is 9.77. The Kier molecular flexibility index (Phi) is 6.65. The Morgan fingerprint density at radius 3 is 2.52 bits per heavy atom. The van der Waals surface area contributed by atoms with Crippen molar-refractivity contribution in [2.75, 3.05) is 11.1 Å². The number of aromatic nitrogens is 5. The number of amides is 1. The number of nitrogens with one attached hydrogen (secondary N) is 1. The molecule has 0 fully saturated rings. The molecule has 40 heavy (non-hydrogen) atoms. The number of carboxylic acid groups (broad SMARTS) is 1. The van der Waals surface area contributed by atoms with Gasteiger partial charge in [0.15, 0.2) is 11.5 Å². The van der Waals surface area contributed by atoms with Crippen LogP contribution in [-0.4, -0.2) is 47.9 Å². The lowest BCUT2D eigenvalue weighted by molar-refractivity contribution is -0.138. The zero-order chi connectivity index (χ0) is 29.0. The van der Waals surface area contributed by atoms with Crippen LogP contribution in [0.3, 0.4) is 0 Å². The standard InChI is InChI=1S/C26H23ClF3N7O3/c1-12(23(38)39)13-4-6-14(7-5-13)25(2)17-19(31)33-21(34-20(17)35-24(25)40)18-15-8-9-16(27)32-22(15)37(36-18)11-3-10-26(28,29)30/h4-9,12H,3,10-11H2,1-2H3,(H,38,39)(H3,31,33,34,35,40). The Hall–Kier alpha value is -4.26. The quantitative estimate of drug-likeness (QED) is 0.264. The normalized spacial score (nSPS) is 17.6. The first-order valence-electron chi connectivity index (χ1n) is 12.2. The molecular formula is C26H23ClF3N7O3. The number of hydrogen-bond acceptors (Lipinski definition) is 7. The van der Waals surface area contributed by atoms with Crippen molar-refractivity contribution in [2.24, 2.45) is 0 Å². The highest BCUT2D eigenvalue weighted by Gasteiger charge is 2.47. The van der Waals surface area contributed by atoms with E-state index in [0.717, 1.165) is 0 Å². The number of carboxylic acids is 1. The summed E-state index contributed by atoms with van der Waals surface area (Å²) in [7, 11) is 0. The second-order valence-corrected chi connectivity index (χ2v) is 10.1. The molecule has 2 unspecified atom stereocenters. The van der Waals surface area contributed by atoms with Crippen molar-refractivity contribution in [3.05, 3.63) is 58.2 Å². The van der Waals surface area contributed by atoms with Gasteiger partial charge in [-0.15, -0.1) is 0 Å². The Morgan fingerprint density at radius 1 is 1.18 bits per heavy atom. The number of aryl methyl sites for hydroxylation is 1. The minimum absolute atomic E-state index is 0.00512. The van der Waals surface area contributed by atoms with Gasteiger partial charge in [-0.3, -0.25) is 9.59 Å². The van der Waals surface area contributed by atoms with E-state index in [9.17, 15) is 27.9 Å². The molecule has 1 aliphatic heterocycles. The number of fused-ring (bicyclic) bond motifs is 2. The van der Waals surface area contributed by atoms with E-state index in [0.29, 0.717) is 22.1 Å². The molecule has 4 aromatic rings. The van der Waals surface area contributed by atoms with Crippen LogP contribution in [-0.2, 0) is 21.5 Å². The topological polar surface area (TPSA) is 149 Å². The fourth-order valence-corrected chi connectivity index (χ4v) is 4.96. The molecule has 4 N–H and O–H groups in total. The second-order valence-electron chi connectivity index (χ2n) is 9.71. The number of aliphatic carboxylic acids is 1. The lowest BCUT2D eigenvalue weighted by Crippen LogP contribution is -2.33. The molecule has 1 aliphatic rings. The second kappa shape index (κ2) is 9.73. The molecule has 3 aromatic heterocycles. The largest absolute Gasteiger partial charge is 0.481 e. The summed E-state index contributed by atoms with van der Waals surface area (Å²) in [5.41, 5.74) is 7.08. The van der Waals surface area contributed by atoms with Gasteiger partial charge < -0.3 is 16.2 Å². The highest BCUT2D eigenvalue weighted by atomic mass is 35.5. The number of halogens is 4. The van der Waals surface area contributed by atoms with Crippen molar-refractivity contribution >= 4 is 46.1 Å². The summed E-state index contributed by atoms with van der Waals surface area (Å²) < 4.78 is 39.5. The van der Waals surface area contributed by atoms with Crippen molar-refractivity contribution in [3.8, 4) is 11.5 Å². The summed E-state index contributed by atoms with van der Waals surface area (Å²) >= 11 is 6.04. The first-order chi connectivity index (χ1) is 18.8. The molecule has 10 nitrogen and oxygen atoms in total. The fraction of sp³-hybridized carbons (Fsp3) is 0.308. The van der Waals surface area contributed by atoms with E-state index >= 15 is 0 Å². The van der Waals surface area contributed by atoms with Crippen LogP contribution in [0.5, 0.6) is 0 Å². The van der Waals surface area contributed by atoms with Crippen molar-refractivity contribution in [3.63, 3.8) is 0 Å². The maximum atomic E-state index is 13.3. The Balaban J connectivity index is 1.55. The van der Waals surface area contributed by atoms with Crippen LogP contribution in [0.25, 0.3) is 22.6 Å². The summed E-state index contributed by atoms with van der Waals surface area (Å²) in [5.74, 6) is -1.88. The maximum absolute atomic E-state index is 13.3. The molecule has 5 rings (SSSR count). The van der Waals surface area contributed by atoms with Crippen LogP contribution in [0.4, 0.5) is 24.8 Å². The summed E-state index contributed by atoms with van der Waals surface area (Å²) in [6.45, 7) is 3.16. The van der Waals surface area contributed by atoms with Gasteiger partial charge in [-0.05, 0) is 43.5 Å². The minimum atomic E-state index is -4.31. The number of nitrogen functional groups attached to an aromatic ring is 1. The molecule has 1 aromatic carbocycles. The lowest BCUT2D eigenvalue weighted by Gasteiger charge is -2.24. The van der Waals surface area contributed by atoms with Gasteiger partial charge in [0, 0.05) is 13.0 Å². The van der Waals surface area contributed by atoms with Crippen molar-refractivity contribution < 1.29 is 27.9 Å². The third kappa shape index (κ3) is 4.70. The van der Waals surface area contributed by atoms with Crippen LogP contribution in [0, 0.1) is 0 Å². The molecule has 0 radical (unpaired) electrons. The number of nitrogens with zero attached hydrogens (tertiary/aromatic N) is 5. The zero-order valence-corrected chi connectivity index (χ0v) is 22.0. The molecule has 0 bridgehead atoms. The van der Waals surface area contributed by atoms with Crippen LogP contribution >= 0.6 is 11.6 Å². The van der Waals surface area contributed by atoms with E-state index in [1.54, 1.807) is 44.2 Å². The molecule has 4 heterocycles. The predicted molar refractivity (Wildman–Crippen MR) is 141 cm³/mol. The molecule has 14 heteroatoms. The van der Waals surface area contributed by atoms with E-state index in [1.165, 1.54) is 10.7 Å². The number of carbonyl (C=O) groups excluding carboxylic acids is 1. The first kappa shape index (κ1) is 27.3. The number of alkyl halides is 3. The van der Waals surface area contributed by atoms with E-state index in [4.69, 9.17) is 17.3 Å². The number of anilines is 2. The zero-order valence-electron chi connectivity index (χ0n) is 21.3. The summed E-state index contributed by atoms with van der Waals surface area (Å²) in [4.78, 5) is 37.8. The van der Waals surface area contributed by atoms with Crippen molar-refractivity contribution in [1.29, 1.82) is 0 Å². The van der Waals surface area contributed by atoms with Crippen molar-refractivity contribution in [2.45, 2.75) is 50.7 Å². The average molecular weight is 574 g/mol. The molecule has 0 spiro atoms. The third-order valence-electron chi connectivity index (χ3n) is 7.08. The van der Waals surface area contributed by atoms with Crippen LogP contribution in [0.15, 0.2) is 36.4 Å². The van der Waals surface area contributed by atoms with Gasteiger partial charge in [-0.2, -0.15) is 18.3 Å². The van der Waals surface area contributed by atoms with Gasteiger partial charge in [-0.25, -0.2) is 19.6 Å². The molecular weight excluding hydrogens is 551 g/mol. The van der Waals surface area contributed by atoms with Gasteiger partial charge in [0.2, 0.25) is 5.91 Å². The Morgan fingerprint density at radius 2 is 1.88 bits per heavy atom. The molecule has 2 atom stereocenters. The predicted octanol–water partition coefficient (Wildman–Crippen LogP) is 4.91. The summed E-state index contributed by atoms with van der Waals surface area (Å²) in [5, 5.41) is 17.1. The van der Waals surface area contributed by atoms with Gasteiger partial charge in [0.25, 0.3) is 0 Å². The molecule has 0 saturated heterocycles. The number of nitrogens with two attached hydrogens (primary N) is 1. The summed E-state index contributed by atoms with van der Waals surface area (Å²) in [6.07, 6.45) is -5.53. The Bertz CT molecular complexity index is 1660. The SMILES string of the molecule is CC(C(=O)O)c1ccc(C2(C)C(=O)Nc3nc(-c4nn(CCCC(F)(F)F)c5nc(Cl)ccc45)nc(N)c32)cc1. The fourth-order valence-electron chi connectivity index (χ4n) is 4.82. The molecule has 208 valence electrons. The monoisotopic (exact) mass is 573 g/mol. The van der Waals surface area contributed by atoms with Crippen LogP contribution < -0.4 is 11.1 Å². The Labute approximate surface area is 230 Å². The van der Waals surface area contributed by atoms with Gasteiger partial charge >= 0.3 is 12.1 Å². The van der Waals surface area contributed by atoms with E-state index in [-0.39, 0.29) is 46.9 Å². The number of hydrogen-bond donors (Lipinski definition) is 3. The number of rotatable bonds is 7. The molecule has 0 saturated carbocycles. The highest BCUT2D eigenvalue weighted by Crippen LogP contribution is 2.45. The van der Waals surface area contributed by atoms with E-state index in [2.05, 4.69) is 25.4 Å². The first-order valence-corrected chi connectivity index (χ1v) is 12.6. The van der Waals surface area contributed by atoms with E-state index < -0.39 is 35.8 Å². The van der Waals surface area contributed by atoms with Crippen LogP contribution in [0.2, 0.25) is 5.15 Å². The summed E-state index contributed by atoms with van der Waals surface area (Å²) in [6, 6.07) is 9.75. The maximum Gasteiger partial charge on any atom is 0.389 e. The highest BCUT2D eigenvalue weighted by molar-refractivity contribution is 6.29. The van der Waals surface area contributed by atoms with Gasteiger partial charge in [0.05, 0.1) is 16.9 Å². The van der Waals surface area contributed by atoms with Crippen molar-refractivity contribution in [1.82, 2.24) is 24.7 Å². The van der Waals surface area contributed by atoms with Crippen LogP contribution in [0.1, 0.15) is 49.3 Å². The number of carbonyl (C=O) groups is 2. The third-order valence-corrected chi connectivity index (χ3v) is 7.30. The smallest absolute Gasteiger partial charge is 0.389 e. The average Bonchev–Trinajstić information content (AvgIpc) is 3.37. The number of benzene rings is 1. The number of pyridine rings is 1. The van der Waals surface area contributed by atoms with Gasteiger partial charge in [-0.1, -0.05) is 35.9 Å². The molecule has 1 amide bonds. The molecule has 0 aliphatic carbocycles. The minimum Gasteiger partial charge on any atom is -0.481 e. The van der Waals surface area contributed by atoms with E-state index in [1.807, 2.05) is 0 Å².